The lowest BCUT2D eigenvalue weighted by atomic mass is 10.1. The number of hydrogen-bond donors (Lipinski definition) is 0. The van der Waals surface area contributed by atoms with Gasteiger partial charge >= 0.3 is 5.82 Å². The van der Waals surface area contributed by atoms with Gasteiger partial charge in [-0.2, -0.15) is 0 Å². The largest absolute Gasteiger partial charge is 0.358 e. The number of carbonyl (C=O) groups excluding carboxylic acids is 1. The molecule has 0 N–H and O–H groups in total. The van der Waals surface area contributed by atoms with Crippen molar-refractivity contribution in [3.8, 4) is 0 Å². The number of aromatic nitrogens is 2. The first kappa shape index (κ1) is 13.3. The van der Waals surface area contributed by atoms with Crippen LogP contribution in [-0.4, -0.2) is 20.3 Å². The Labute approximate surface area is 99.8 Å². The molecule has 0 aromatic carbocycles. The highest BCUT2D eigenvalue weighted by Gasteiger charge is 2.18. The fraction of sp³-hybridized carbons (Fsp3) is 0.636. The second-order valence-electron chi connectivity index (χ2n) is 4.02. The van der Waals surface area contributed by atoms with E-state index in [0.717, 1.165) is 19.3 Å². The van der Waals surface area contributed by atoms with Crippen LogP contribution >= 0.6 is 0 Å². The van der Waals surface area contributed by atoms with Gasteiger partial charge in [-0.05, 0) is 11.3 Å². The minimum Gasteiger partial charge on any atom is -0.358 e. The van der Waals surface area contributed by atoms with Crippen LogP contribution in [0, 0.1) is 10.1 Å². The summed E-state index contributed by atoms with van der Waals surface area (Å²) in [5, 5.41) is 10.6. The molecule has 0 atom stereocenters. The summed E-state index contributed by atoms with van der Waals surface area (Å²) in [5.41, 5.74) is 0. The van der Waals surface area contributed by atoms with Gasteiger partial charge < -0.3 is 10.1 Å². The van der Waals surface area contributed by atoms with E-state index in [1.54, 1.807) is 7.05 Å². The molecule has 0 amide bonds. The molecule has 0 bridgehead atoms. The first-order valence-corrected chi connectivity index (χ1v) is 5.73. The molecular formula is C11H17N3O3. The monoisotopic (exact) mass is 239 g/mol. The average Bonchev–Trinajstić information content (AvgIpc) is 2.61. The molecule has 1 aromatic heterocycles. The number of nitro groups is 1. The molecule has 0 aliphatic heterocycles. The van der Waals surface area contributed by atoms with Crippen molar-refractivity contribution in [2.45, 2.75) is 39.0 Å². The number of imidazole rings is 1. The average molecular weight is 239 g/mol. The maximum absolute atomic E-state index is 11.6. The normalized spacial score (nSPS) is 10.5. The lowest BCUT2D eigenvalue weighted by Crippen LogP contribution is -2.09. The zero-order valence-corrected chi connectivity index (χ0v) is 10.2. The maximum Gasteiger partial charge on any atom is 0.342 e. The molecule has 0 aliphatic carbocycles. The van der Waals surface area contributed by atoms with Gasteiger partial charge in [-0.3, -0.25) is 4.79 Å². The Balaban J connectivity index is 2.57. The molecule has 0 aliphatic rings. The molecule has 94 valence electrons. The number of Topliss-reactive ketones (excluding diaryl/α,β-unsaturated/α-hetero) is 1. The summed E-state index contributed by atoms with van der Waals surface area (Å²) in [7, 11) is 1.56. The summed E-state index contributed by atoms with van der Waals surface area (Å²) in [4.78, 5) is 25.6. The third-order valence-electron chi connectivity index (χ3n) is 2.66. The third-order valence-corrected chi connectivity index (χ3v) is 2.66. The molecule has 0 saturated carbocycles. The molecule has 1 rings (SSSR count). The molecule has 6 nitrogen and oxygen atoms in total. The van der Waals surface area contributed by atoms with Crippen molar-refractivity contribution >= 4 is 11.6 Å². The van der Waals surface area contributed by atoms with E-state index in [2.05, 4.69) is 11.9 Å². The Morgan fingerprint density at radius 1 is 1.53 bits per heavy atom. The van der Waals surface area contributed by atoms with E-state index < -0.39 is 4.92 Å². The highest BCUT2D eigenvalue weighted by Crippen LogP contribution is 2.13. The van der Waals surface area contributed by atoms with Crippen molar-refractivity contribution in [1.82, 2.24) is 9.55 Å². The van der Waals surface area contributed by atoms with E-state index in [-0.39, 0.29) is 18.0 Å². The molecule has 1 aromatic rings. The molecule has 0 saturated heterocycles. The van der Waals surface area contributed by atoms with E-state index in [9.17, 15) is 14.9 Å². The van der Waals surface area contributed by atoms with Gasteiger partial charge in [0.15, 0.2) is 0 Å². The summed E-state index contributed by atoms with van der Waals surface area (Å²) < 4.78 is 1.36. The molecular weight excluding hydrogens is 222 g/mol. The summed E-state index contributed by atoms with van der Waals surface area (Å²) in [6.45, 7) is 2.08. The predicted molar refractivity (Wildman–Crippen MR) is 62.7 cm³/mol. The quantitative estimate of drug-likeness (QED) is 0.414. The van der Waals surface area contributed by atoms with Gasteiger partial charge in [0.25, 0.3) is 0 Å². The maximum atomic E-state index is 11.6. The van der Waals surface area contributed by atoms with Crippen molar-refractivity contribution < 1.29 is 9.72 Å². The van der Waals surface area contributed by atoms with Crippen LogP contribution in [0.5, 0.6) is 0 Å². The Kier molecular flexibility index (Phi) is 4.81. The topological polar surface area (TPSA) is 78.0 Å². The van der Waals surface area contributed by atoms with E-state index in [1.807, 2.05) is 0 Å². The molecule has 0 spiro atoms. The van der Waals surface area contributed by atoms with E-state index in [1.165, 1.54) is 10.8 Å². The van der Waals surface area contributed by atoms with Gasteiger partial charge in [0.1, 0.15) is 12.0 Å². The Bertz CT molecular complexity index is 412. The van der Waals surface area contributed by atoms with Crippen LogP contribution in [-0.2, 0) is 18.3 Å². The van der Waals surface area contributed by atoms with Crippen molar-refractivity contribution in [2.24, 2.45) is 7.05 Å². The number of carbonyl (C=O) groups is 1. The predicted octanol–water partition coefficient (Wildman–Crippen LogP) is 2.02. The SMILES string of the molecule is CCCCCC(=O)Cc1ncc([N+](=O)[O-])n1C. The number of rotatable bonds is 7. The lowest BCUT2D eigenvalue weighted by Gasteiger charge is -1.99. The zero-order chi connectivity index (χ0) is 12.8. The highest BCUT2D eigenvalue weighted by molar-refractivity contribution is 5.80. The van der Waals surface area contributed by atoms with Gasteiger partial charge in [-0.1, -0.05) is 19.8 Å². The molecule has 17 heavy (non-hydrogen) atoms. The molecule has 1 heterocycles. The summed E-state index contributed by atoms with van der Waals surface area (Å²) in [6.07, 6.45) is 4.87. The van der Waals surface area contributed by atoms with Gasteiger partial charge in [0, 0.05) is 6.42 Å². The van der Waals surface area contributed by atoms with Crippen molar-refractivity contribution in [3.05, 3.63) is 22.1 Å². The molecule has 0 fully saturated rings. The van der Waals surface area contributed by atoms with Crippen LogP contribution in [0.3, 0.4) is 0 Å². The fourth-order valence-corrected chi connectivity index (χ4v) is 1.61. The van der Waals surface area contributed by atoms with Gasteiger partial charge in [0.05, 0.1) is 13.5 Å². The first-order chi connectivity index (χ1) is 8.06. The van der Waals surface area contributed by atoms with Crippen LogP contribution in [0.15, 0.2) is 6.20 Å². The number of ketones is 1. The smallest absolute Gasteiger partial charge is 0.342 e. The number of unbranched alkanes of at least 4 members (excludes halogenated alkanes) is 2. The molecule has 6 heteroatoms. The number of nitrogens with zero attached hydrogens (tertiary/aromatic N) is 3. The van der Waals surface area contributed by atoms with Gasteiger partial charge in [0.2, 0.25) is 5.82 Å². The van der Waals surface area contributed by atoms with Crippen LogP contribution in [0.25, 0.3) is 0 Å². The molecule has 0 unspecified atom stereocenters. The lowest BCUT2D eigenvalue weighted by molar-refractivity contribution is -0.391. The van der Waals surface area contributed by atoms with Crippen LogP contribution in [0.1, 0.15) is 38.4 Å². The van der Waals surface area contributed by atoms with E-state index in [0.29, 0.717) is 12.2 Å². The van der Waals surface area contributed by atoms with Crippen LogP contribution < -0.4 is 0 Å². The minimum absolute atomic E-state index is 0.0821. The second kappa shape index (κ2) is 6.12. The standard InChI is InChI=1S/C11H17N3O3/c1-3-4-5-6-9(15)7-10-12-8-11(13(10)2)14(16)17/h8H,3-7H2,1-2H3. The Morgan fingerprint density at radius 3 is 2.76 bits per heavy atom. The van der Waals surface area contributed by atoms with E-state index >= 15 is 0 Å². The first-order valence-electron chi connectivity index (χ1n) is 5.73. The second-order valence-corrected chi connectivity index (χ2v) is 4.02. The van der Waals surface area contributed by atoms with Crippen molar-refractivity contribution in [2.75, 3.05) is 0 Å². The Morgan fingerprint density at radius 2 is 2.24 bits per heavy atom. The summed E-state index contributed by atoms with van der Waals surface area (Å²) in [6, 6.07) is 0. The zero-order valence-electron chi connectivity index (χ0n) is 10.2. The van der Waals surface area contributed by atoms with Crippen LogP contribution in [0.4, 0.5) is 5.82 Å². The summed E-state index contributed by atoms with van der Waals surface area (Å²) >= 11 is 0. The number of hydrogen-bond acceptors (Lipinski definition) is 4. The van der Waals surface area contributed by atoms with Gasteiger partial charge in [-0.25, -0.2) is 9.55 Å². The third kappa shape index (κ3) is 3.65. The van der Waals surface area contributed by atoms with Gasteiger partial charge in [-0.15, -0.1) is 0 Å². The van der Waals surface area contributed by atoms with Crippen LogP contribution in [0.2, 0.25) is 0 Å². The fourth-order valence-electron chi connectivity index (χ4n) is 1.61. The highest BCUT2D eigenvalue weighted by atomic mass is 16.6. The minimum atomic E-state index is -0.502. The Hall–Kier alpha value is -1.72. The molecule has 0 radical (unpaired) electrons. The van der Waals surface area contributed by atoms with Crippen molar-refractivity contribution in [3.63, 3.8) is 0 Å². The van der Waals surface area contributed by atoms with Crippen molar-refractivity contribution in [1.29, 1.82) is 0 Å². The van der Waals surface area contributed by atoms with E-state index in [4.69, 9.17) is 0 Å². The summed E-state index contributed by atoms with van der Waals surface area (Å²) in [5.74, 6) is 0.460.